The maximum atomic E-state index is 12.9. The minimum Gasteiger partial charge on any atom is -0.378 e. The molecule has 158 valence electrons. The lowest BCUT2D eigenvalue weighted by Crippen LogP contribution is -2.41. The number of carbonyl (C=O) groups excluding carboxylic acids is 1. The van der Waals surface area contributed by atoms with Crippen molar-refractivity contribution in [1.82, 2.24) is 9.62 Å². The van der Waals surface area contributed by atoms with Crippen molar-refractivity contribution in [2.75, 3.05) is 39.1 Å². The molecule has 2 rings (SSSR count). The first-order valence-electron chi connectivity index (χ1n) is 9.97. The van der Waals surface area contributed by atoms with Crippen LogP contribution in [0.1, 0.15) is 49.9 Å². The van der Waals surface area contributed by atoms with Gasteiger partial charge in [0.05, 0.1) is 23.7 Å². The third kappa shape index (κ3) is 6.20. The van der Waals surface area contributed by atoms with Crippen LogP contribution in [-0.2, 0) is 14.8 Å². The summed E-state index contributed by atoms with van der Waals surface area (Å²) >= 11 is 1.44. The molecule has 1 amide bonds. The number of nitrogens with one attached hydrogen (secondary N) is 1. The van der Waals surface area contributed by atoms with Gasteiger partial charge in [0.1, 0.15) is 0 Å². The van der Waals surface area contributed by atoms with Crippen LogP contribution in [0.3, 0.4) is 0 Å². The monoisotopic (exact) mass is 428 g/mol. The van der Waals surface area contributed by atoms with Crippen LogP contribution >= 0.6 is 11.8 Å². The minimum absolute atomic E-state index is 0.140. The van der Waals surface area contributed by atoms with Gasteiger partial charge in [0, 0.05) is 24.5 Å². The molecule has 1 N–H and O–H groups in total. The molecule has 0 bridgehead atoms. The van der Waals surface area contributed by atoms with Crippen molar-refractivity contribution in [3.05, 3.63) is 23.8 Å². The second kappa shape index (κ2) is 11.2. The maximum Gasteiger partial charge on any atom is 0.255 e. The van der Waals surface area contributed by atoms with Crippen LogP contribution in [0.25, 0.3) is 0 Å². The second-order valence-electron chi connectivity index (χ2n) is 7.04. The number of ether oxygens (including phenoxy) is 1. The molecule has 0 saturated carbocycles. The molecule has 0 radical (unpaired) electrons. The van der Waals surface area contributed by atoms with E-state index in [0.717, 1.165) is 30.6 Å². The quantitative estimate of drug-likeness (QED) is 0.578. The first-order chi connectivity index (χ1) is 13.4. The Morgan fingerprint density at radius 3 is 2.61 bits per heavy atom. The zero-order valence-corrected chi connectivity index (χ0v) is 18.7. The van der Waals surface area contributed by atoms with E-state index in [2.05, 4.69) is 18.6 Å². The van der Waals surface area contributed by atoms with Gasteiger partial charge in [-0.15, -0.1) is 11.8 Å². The van der Waals surface area contributed by atoms with Crippen molar-refractivity contribution in [2.45, 2.75) is 49.3 Å². The van der Waals surface area contributed by atoms with Gasteiger partial charge < -0.3 is 9.64 Å². The molecule has 1 heterocycles. The smallest absolute Gasteiger partial charge is 0.255 e. The Morgan fingerprint density at radius 1 is 1.29 bits per heavy atom. The van der Waals surface area contributed by atoms with Crippen LogP contribution < -0.4 is 4.72 Å². The molecule has 1 atom stereocenters. The lowest BCUT2D eigenvalue weighted by Gasteiger charge is -2.27. The van der Waals surface area contributed by atoms with Crippen LogP contribution in [0.2, 0.25) is 0 Å². The van der Waals surface area contributed by atoms with Crippen LogP contribution in [0.15, 0.2) is 28.0 Å². The fourth-order valence-corrected chi connectivity index (χ4v) is 4.92. The first kappa shape index (κ1) is 23.2. The average Bonchev–Trinajstić information content (AvgIpc) is 2.73. The molecule has 6 nitrogen and oxygen atoms in total. The van der Waals surface area contributed by atoms with Gasteiger partial charge in [-0.1, -0.05) is 33.1 Å². The van der Waals surface area contributed by atoms with E-state index >= 15 is 0 Å². The zero-order chi connectivity index (χ0) is 20.6. The summed E-state index contributed by atoms with van der Waals surface area (Å²) in [4.78, 5) is 15.6. The van der Waals surface area contributed by atoms with E-state index in [4.69, 9.17) is 4.74 Å². The fraction of sp³-hybridized carbons (Fsp3) is 0.650. The van der Waals surface area contributed by atoms with E-state index < -0.39 is 10.0 Å². The molecule has 1 saturated heterocycles. The number of benzene rings is 1. The molecule has 0 spiro atoms. The molecule has 1 aromatic carbocycles. The Morgan fingerprint density at radius 2 is 2.00 bits per heavy atom. The highest BCUT2D eigenvalue weighted by Crippen LogP contribution is 2.25. The van der Waals surface area contributed by atoms with E-state index in [-0.39, 0.29) is 10.8 Å². The van der Waals surface area contributed by atoms with Crippen molar-refractivity contribution in [3.63, 3.8) is 0 Å². The molecule has 1 aliphatic heterocycles. The molecule has 1 unspecified atom stereocenters. The predicted octanol–water partition coefficient (Wildman–Crippen LogP) is 3.38. The molecule has 0 aromatic heterocycles. The SMILES string of the molecule is CCCCC(CC)CNS(=O)(=O)c1ccc(SC)c(C(=O)N2CCOCC2)c1. The zero-order valence-electron chi connectivity index (χ0n) is 17.1. The Kier molecular flexibility index (Phi) is 9.27. The van der Waals surface area contributed by atoms with E-state index in [9.17, 15) is 13.2 Å². The van der Waals surface area contributed by atoms with Gasteiger partial charge >= 0.3 is 0 Å². The van der Waals surface area contributed by atoms with Crippen molar-refractivity contribution in [1.29, 1.82) is 0 Å². The van der Waals surface area contributed by atoms with E-state index in [1.54, 1.807) is 17.0 Å². The minimum atomic E-state index is -3.66. The van der Waals surface area contributed by atoms with Gasteiger partial charge in [-0.3, -0.25) is 4.79 Å². The maximum absolute atomic E-state index is 12.9. The third-order valence-electron chi connectivity index (χ3n) is 5.12. The van der Waals surface area contributed by atoms with Crippen molar-refractivity contribution >= 4 is 27.7 Å². The number of rotatable bonds is 10. The molecule has 28 heavy (non-hydrogen) atoms. The van der Waals surface area contributed by atoms with Gasteiger partial charge in [0.25, 0.3) is 5.91 Å². The molecule has 8 heteroatoms. The summed E-state index contributed by atoms with van der Waals surface area (Å²) in [5.74, 6) is 0.189. The second-order valence-corrected chi connectivity index (χ2v) is 9.65. The molecule has 1 aromatic rings. The summed E-state index contributed by atoms with van der Waals surface area (Å²) in [6.07, 6.45) is 6.04. The van der Waals surface area contributed by atoms with Crippen molar-refractivity contribution in [3.8, 4) is 0 Å². The van der Waals surface area contributed by atoms with Crippen LogP contribution in [0.4, 0.5) is 0 Å². The Hall–Kier alpha value is -1.09. The van der Waals surface area contributed by atoms with Crippen LogP contribution in [-0.4, -0.2) is 58.3 Å². The standard InChI is InChI=1S/C20H32N2O4S2/c1-4-6-7-16(5-2)15-21-28(24,25)17-8-9-19(27-3)18(14-17)20(23)22-10-12-26-13-11-22/h8-9,14,16,21H,4-7,10-13,15H2,1-3H3. The van der Waals surface area contributed by atoms with E-state index in [1.165, 1.54) is 17.8 Å². The summed E-state index contributed by atoms with van der Waals surface area (Å²) in [5.41, 5.74) is 0.440. The number of nitrogens with zero attached hydrogens (tertiary/aromatic N) is 1. The molecular formula is C20H32N2O4S2. The van der Waals surface area contributed by atoms with Crippen LogP contribution in [0.5, 0.6) is 0 Å². The Bertz CT molecular complexity index is 747. The normalized spacial score (nSPS) is 16.2. The van der Waals surface area contributed by atoms with Gasteiger partial charge in [-0.25, -0.2) is 13.1 Å². The number of thioether (sulfide) groups is 1. The molecule has 1 aliphatic rings. The van der Waals surface area contributed by atoms with Crippen molar-refractivity contribution in [2.24, 2.45) is 5.92 Å². The molecule has 1 fully saturated rings. The lowest BCUT2D eigenvalue weighted by molar-refractivity contribution is 0.0300. The van der Waals surface area contributed by atoms with Gasteiger partial charge in [0.2, 0.25) is 10.0 Å². The first-order valence-corrected chi connectivity index (χ1v) is 12.7. The number of unbranched alkanes of at least 4 members (excludes halogenated alkanes) is 1. The summed E-state index contributed by atoms with van der Waals surface area (Å²) in [5, 5.41) is 0. The number of amides is 1. The van der Waals surface area contributed by atoms with E-state index in [0.29, 0.717) is 44.3 Å². The fourth-order valence-electron chi connectivity index (χ4n) is 3.21. The van der Waals surface area contributed by atoms with Crippen molar-refractivity contribution < 1.29 is 17.9 Å². The summed E-state index contributed by atoms with van der Waals surface area (Å²) in [6.45, 7) is 6.72. The summed E-state index contributed by atoms with van der Waals surface area (Å²) in [6, 6.07) is 4.82. The van der Waals surface area contributed by atoms with Gasteiger partial charge in [-0.05, 0) is 36.8 Å². The number of carbonyl (C=O) groups is 1. The van der Waals surface area contributed by atoms with E-state index in [1.807, 2.05) is 6.26 Å². The highest BCUT2D eigenvalue weighted by molar-refractivity contribution is 7.98. The average molecular weight is 429 g/mol. The molecule has 0 aliphatic carbocycles. The number of hydrogen-bond acceptors (Lipinski definition) is 5. The largest absolute Gasteiger partial charge is 0.378 e. The number of morpholine rings is 1. The van der Waals surface area contributed by atoms with Gasteiger partial charge in [-0.2, -0.15) is 0 Å². The Balaban J connectivity index is 2.19. The highest BCUT2D eigenvalue weighted by atomic mass is 32.2. The summed E-state index contributed by atoms with van der Waals surface area (Å²) in [7, 11) is -3.66. The predicted molar refractivity (Wildman–Crippen MR) is 113 cm³/mol. The Labute approximate surface area is 173 Å². The lowest BCUT2D eigenvalue weighted by atomic mass is 10.00. The van der Waals surface area contributed by atoms with Crippen LogP contribution in [0, 0.1) is 5.92 Å². The number of sulfonamides is 1. The van der Waals surface area contributed by atoms with Gasteiger partial charge in [0.15, 0.2) is 0 Å². The summed E-state index contributed by atoms with van der Waals surface area (Å²) < 4.78 is 33.7. The highest BCUT2D eigenvalue weighted by Gasteiger charge is 2.24. The topological polar surface area (TPSA) is 75.7 Å². The molecular weight excluding hydrogens is 396 g/mol. The number of hydrogen-bond donors (Lipinski definition) is 1. The third-order valence-corrected chi connectivity index (χ3v) is 7.33.